The number of carbonyl (C=O) groups is 2. The Labute approximate surface area is 164 Å². The van der Waals surface area contributed by atoms with Crippen LogP contribution in [0.15, 0.2) is 36.6 Å². The number of aromatic amines is 2. The number of nitrogens with zero attached hydrogens (tertiary/aromatic N) is 1. The highest BCUT2D eigenvalue weighted by Crippen LogP contribution is 2.45. The quantitative estimate of drug-likeness (QED) is 0.824. The lowest BCUT2D eigenvalue weighted by molar-refractivity contribution is 0.0814. The van der Waals surface area contributed by atoms with Gasteiger partial charge in [-0.05, 0) is 48.6 Å². The zero-order valence-corrected chi connectivity index (χ0v) is 16.5. The number of aryl methyl sites for hydroxylation is 1. The lowest BCUT2D eigenvalue weighted by Crippen LogP contribution is -2.29. The summed E-state index contributed by atoms with van der Waals surface area (Å²) in [5, 5.41) is 0. The van der Waals surface area contributed by atoms with Crippen molar-refractivity contribution in [2.24, 2.45) is 5.92 Å². The largest absolute Gasteiger partial charge is 0.355 e. The van der Waals surface area contributed by atoms with Gasteiger partial charge in [-0.25, -0.2) is 0 Å². The van der Waals surface area contributed by atoms with Gasteiger partial charge in [0.15, 0.2) is 0 Å². The van der Waals surface area contributed by atoms with Crippen LogP contribution in [0.1, 0.15) is 70.2 Å². The van der Waals surface area contributed by atoms with Gasteiger partial charge in [-0.15, -0.1) is 0 Å². The van der Waals surface area contributed by atoms with Gasteiger partial charge in [-0.2, -0.15) is 0 Å². The molecule has 1 saturated heterocycles. The van der Waals surface area contributed by atoms with Crippen LogP contribution in [0.4, 0.5) is 0 Å². The molecule has 2 aliphatic rings. The van der Waals surface area contributed by atoms with E-state index < -0.39 is 0 Å². The number of fused-ring (bicyclic) bond motifs is 3. The molecule has 3 heterocycles. The van der Waals surface area contributed by atoms with Crippen molar-refractivity contribution in [1.82, 2.24) is 14.9 Å². The first-order valence-corrected chi connectivity index (χ1v) is 9.76. The summed E-state index contributed by atoms with van der Waals surface area (Å²) >= 11 is 0. The van der Waals surface area contributed by atoms with Gasteiger partial charge in [-0.1, -0.05) is 32.6 Å². The van der Waals surface area contributed by atoms with Crippen LogP contribution in [0.3, 0.4) is 0 Å². The third kappa shape index (κ3) is 2.70. The van der Waals surface area contributed by atoms with E-state index >= 15 is 0 Å². The number of hydrogen-bond acceptors (Lipinski definition) is 2. The molecule has 2 unspecified atom stereocenters. The van der Waals surface area contributed by atoms with E-state index in [4.69, 9.17) is 0 Å². The van der Waals surface area contributed by atoms with Crippen molar-refractivity contribution >= 4 is 23.8 Å². The van der Waals surface area contributed by atoms with Gasteiger partial charge in [0.1, 0.15) is 5.69 Å². The molecule has 0 bridgehead atoms. The fourth-order valence-electron chi connectivity index (χ4n) is 4.40. The van der Waals surface area contributed by atoms with Crippen LogP contribution in [-0.4, -0.2) is 33.1 Å². The summed E-state index contributed by atoms with van der Waals surface area (Å²) in [5.74, 6) is 0.145. The first kappa shape index (κ1) is 18.3. The molecule has 2 aromatic rings. The lowest BCUT2D eigenvalue weighted by Gasteiger charge is -2.23. The molecule has 2 aromatic heterocycles. The molecule has 0 radical (unpaired) electrons. The third-order valence-electron chi connectivity index (χ3n) is 5.72. The number of aromatic nitrogens is 2. The highest BCUT2D eigenvalue weighted by atomic mass is 16.2. The van der Waals surface area contributed by atoms with E-state index in [1.165, 1.54) is 0 Å². The Kier molecular flexibility index (Phi) is 4.46. The predicted octanol–water partition coefficient (Wildman–Crippen LogP) is 4.54. The van der Waals surface area contributed by atoms with Crippen LogP contribution < -0.4 is 0 Å². The maximum absolute atomic E-state index is 13.3. The summed E-state index contributed by atoms with van der Waals surface area (Å²) in [6.45, 7) is 10.5. The van der Waals surface area contributed by atoms with E-state index in [1.807, 2.05) is 25.1 Å². The first-order chi connectivity index (χ1) is 13.5. The fraction of sp³-hybridized carbons (Fsp3) is 0.304. The van der Waals surface area contributed by atoms with Crippen molar-refractivity contribution in [3.63, 3.8) is 0 Å². The summed E-state index contributed by atoms with van der Waals surface area (Å²) < 4.78 is 0. The smallest absolute Gasteiger partial charge is 0.274 e. The number of H-pyrrole nitrogens is 2. The molecule has 144 valence electrons. The first-order valence-electron chi connectivity index (χ1n) is 9.76. The van der Waals surface area contributed by atoms with E-state index in [0.717, 1.165) is 34.6 Å². The number of hydrogen-bond donors (Lipinski definition) is 2. The maximum atomic E-state index is 13.3. The summed E-state index contributed by atoms with van der Waals surface area (Å²) in [6.07, 6.45) is 8.07. The molecule has 5 heteroatoms. The van der Waals surface area contributed by atoms with Crippen LogP contribution in [-0.2, 0) is 6.42 Å². The van der Waals surface area contributed by atoms with E-state index in [2.05, 4.69) is 36.5 Å². The van der Waals surface area contributed by atoms with Gasteiger partial charge in [0.2, 0.25) is 5.78 Å². The Morgan fingerprint density at radius 1 is 1.36 bits per heavy atom. The molecule has 4 rings (SSSR count). The summed E-state index contributed by atoms with van der Waals surface area (Å²) in [4.78, 5) is 34.1. The molecule has 2 N–H and O–H groups in total. The number of ketones is 1. The Balaban J connectivity index is 1.72. The van der Waals surface area contributed by atoms with Crippen molar-refractivity contribution in [1.29, 1.82) is 0 Å². The summed E-state index contributed by atoms with van der Waals surface area (Å²) in [5.41, 5.74) is 5.82. The highest BCUT2D eigenvalue weighted by Gasteiger charge is 2.43. The predicted molar refractivity (Wildman–Crippen MR) is 111 cm³/mol. The average molecular weight is 375 g/mol. The number of nitrogens with one attached hydrogen (secondary N) is 2. The number of rotatable bonds is 4. The van der Waals surface area contributed by atoms with Gasteiger partial charge < -0.3 is 14.9 Å². The molecule has 2 atom stereocenters. The van der Waals surface area contributed by atoms with Crippen molar-refractivity contribution in [2.75, 3.05) is 6.54 Å². The van der Waals surface area contributed by atoms with E-state index in [9.17, 15) is 9.59 Å². The lowest BCUT2D eigenvalue weighted by atomic mass is 9.83. The zero-order valence-electron chi connectivity index (χ0n) is 16.5. The monoisotopic (exact) mass is 375 g/mol. The van der Waals surface area contributed by atoms with E-state index in [-0.39, 0.29) is 23.5 Å². The van der Waals surface area contributed by atoms with Crippen LogP contribution in [0.25, 0.3) is 12.2 Å². The molecule has 28 heavy (non-hydrogen) atoms. The van der Waals surface area contributed by atoms with Crippen LogP contribution in [0.5, 0.6) is 0 Å². The van der Waals surface area contributed by atoms with Crippen molar-refractivity contribution < 1.29 is 9.59 Å². The van der Waals surface area contributed by atoms with Gasteiger partial charge >= 0.3 is 0 Å². The molecular weight excluding hydrogens is 350 g/mol. The average Bonchev–Trinajstić information content (AvgIpc) is 3.37. The molecule has 1 aliphatic heterocycles. The topological polar surface area (TPSA) is 69.0 Å². The Morgan fingerprint density at radius 3 is 2.82 bits per heavy atom. The molecule has 0 saturated carbocycles. The molecule has 0 spiro atoms. The van der Waals surface area contributed by atoms with Gasteiger partial charge in [0.25, 0.3) is 5.91 Å². The molecule has 0 aromatic carbocycles. The highest BCUT2D eigenvalue weighted by molar-refractivity contribution is 6.07. The molecule has 5 nitrogen and oxygen atoms in total. The Bertz CT molecular complexity index is 1030. The molecule has 1 amide bonds. The third-order valence-corrected chi connectivity index (χ3v) is 5.72. The second-order valence-electron chi connectivity index (χ2n) is 7.54. The number of allylic oxidation sites excluding steroid dienone is 3. The van der Waals surface area contributed by atoms with E-state index in [0.29, 0.717) is 17.9 Å². The van der Waals surface area contributed by atoms with Crippen molar-refractivity contribution in [3.05, 3.63) is 70.5 Å². The standard InChI is InChI=1S/C23H25N3O2/c1-5-8-14-9-18(25-17(14)7-3)23(28)26-12-13(4)21-16-10-15(6-2)24-22(16)20(27)11-19(21)26/h5,7-11,13,21,24-25H,3,6,12H2,1-2,4H3/b8-5-. The Hall–Kier alpha value is -3.08. The van der Waals surface area contributed by atoms with Crippen molar-refractivity contribution in [3.8, 4) is 0 Å². The minimum absolute atomic E-state index is 0.0549. The van der Waals surface area contributed by atoms with Gasteiger partial charge in [0, 0.05) is 35.6 Å². The number of amides is 1. The zero-order chi connectivity index (χ0) is 20.0. The summed E-state index contributed by atoms with van der Waals surface area (Å²) in [7, 11) is 0. The fourth-order valence-corrected chi connectivity index (χ4v) is 4.40. The molecular formula is C23H25N3O2. The van der Waals surface area contributed by atoms with Crippen molar-refractivity contribution in [2.45, 2.75) is 33.1 Å². The minimum atomic E-state index is -0.109. The number of likely N-dealkylation sites (tertiary alicyclic amines) is 1. The van der Waals surface area contributed by atoms with E-state index in [1.54, 1.807) is 17.1 Å². The maximum Gasteiger partial charge on any atom is 0.274 e. The second kappa shape index (κ2) is 6.82. The Morgan fingerprint density at radius 2 is 2.14 bits per heavy atom. The second-order valence-corrected chi connectivity index (χ2v) is 7.54. The van der Waals surface area contributed by atoms with Gasteiger partial charge in [0.05, 0.1) is 5.69 Å². The SMILES string of the molecule is C=Cc1[nH]c(C(=O)N2CC(C)C3C2=CC(=O)c2[nH]c(CC)cc23)cc1/C=C\C. The number of carbonyl (C=O) groups excluding carboxylic acids is 2. The van der Waals surface area contributed by atoms with Crippen LogP contribution in [0, 0.1) is 5.92 Å². The van der Waals surface area contributed by atoms with Crippen LogP contribution >= 0.6 is 0 Å². The van der Waals surface area contributed by atoms with Gasteiger partial charge in [-0.3, -0.25) is 9.59 Å². The molecule has 1 fully saturated rings. The minimum Gasteiger partial charge on any atom is -0.355 e. The molecule has 1 aliphatic carbocycles. The summed E-state index contributed by atoms with van der Waals surface area (Å²) in [6, 6.07) is 3.93. The van der Waals surface area contributed by atoms with Crippen LogP contribution in [0.2, 0.25) is 0 Å². The normalized spacial score (nSPS) is 21.0.